The van der Waals surface area contributed by atoms with E-state index in [1.807, 2.05) is 13.0 Å². The number of carbonyl (C=O) groups is 3. The van der Waals surface area contributed by atoms with Crippen molar-refractivity contribution < 1.29 is 28.6 Å². The molecule has 0 radical (unpaired) electrons. The van der Waals surface area contributed by atoms with Crippen molar-refractivity contribution in [2.24, 2.45) is 10.2 Å². The Morgan fingerprint density at radius 3 is 2.62 bits per heavy atom. The highest BCUT2D eigenvalue weighted by atomic mass is 32.2. The van der Waals surface area contributed by atoms with Gasteiger partial charge in [0.05, 0.1) is 30.4 Å². The topological polar surface area (TPSA) is 116 Å². The first-order chi connectivity index (χ1) is 15.5. The molecule has 0 bridgehead atoms. The highest BCUT2D eigenvalue weighted by Crippen LogP contribution is 2.29. The van der Waals surface area contributed by atoms with Crippen LogP contribution in [0.1, 0.15) is 22.8 Å². The molecule has 1 saturated heterocycles. The number of carbonyl (C=O) groups excluding carboxylic acids is 3. The molecule has 1 amide bonds. The van der Waals surface area contributed by atoms with E-state index in [-0.39, 0.29) is 15.8 Å². The number of amides is 1. The molecule has 1 N–H and O–H groups in total. The van der Waals surface area contributed by atoms with E-state index in [2.05, 4.69) is 20.3 Å². The molecule has 0 atom stereocenters. The Labute approximate surface area is 188 Å². The lowest BCUT2D eigenvalue weighted by Gasteiger charge is -2.11. The van der Waals surface area contributed by atoms with Gasteiger partial charge in [0.15, 0.2) is 16.7 Å². The second-order valence-corrected chi connectivity index (χ2v) is 7.16. The molecule has 1 aliphatic heterocycles. The van der Waals surface area contributed by atoms with Gasteiger partial charge in [0.1, 0.15) is 0 Å². The third-order valence-electron chi connectivity index (χ3n) is 3.94. The maximum atomic E-state index is 12.3. The van der Waals surface area contributed by atoms with Gasteiger partial charge in [0, 0.05) is 6.08 Å². The van der Waals surface area contributed by atoms with E-state index < -0.39 is 17.8 Å². The normalized spacial score (nSPS) is 15.8. The van der Waals surface area contributed by atoms with Gasteiger partial charge in [-0.3, -0.25) is 10.1 Å². The van der Waals surface area contributed by atoms with Crippen molar-refractivity contribution in [3.8, 4) is 11.5 Å². The van der Waals surface area contributed by atoms with Gasteiger partial charge >= 0.3 is 11.9 Å². The van der Waals surface area contributed by atoms with Crippen LogP contribution in [0.4, 0.5) is 0 Å². The number of hydrogen-bond donors (Lipinski definition) is 1. The first-order valence-corrected chi connectivity index (χ1v) is 10.3. The molecule has 2 aromatic carbocycles. The van der Waals surface area contributed by atoms with Crippen molar-refractivity contribution in [1.29, 1.82) is 0 Å². The molecule has 0 saturated carbocycles. The van der Waals surface area contributed by atoms with Gasteiger partial charge in [0.25, 0.3) is 5.91 Å². The number of methoxy groups -OCH3 is 1. The van der Waals surface area contributed by atoms with Gasteiger partial charge in [-0.05, 0) is 54.6 Å². The first kappa shape index (κ1) is 22.8. The minimum absolute atomic E-state index is 0.161. The quantitative estimate of drug-likeness (QED) is 0.225. The first-order valence-electron chi connectivity index (χ1n) is 9.44. The Balaban J connectivity index is 1.71. The minimum Gasteiger partial charge on any atom is -0.490 e. The summed E-state index contributed by atoms with van der Waals surface area (Å²) in [6.07, 6.45) is 2.53. The molecule has 32 heavy (non-hydrogen) atoms. The number of ether oxygens (including phenoxy) is 3. The van der Waals surface area contributed by atoms with Crippen LogP contribution in [0.5, 0.6) is 11.5 Å². The lowest BCUT2D eigenvalue weighted by molar-refractivity contribution is -0.135. The number of benzene rings is 2. The van der Waals surface area contributed by atoms with Crippen molar-refractivity contribution in [1.82, 2.24) is 5.32 Å². The van der Waals surface area contributed by atoms with Gasteiger partial charge in [-0.2, -0.15) is 5.10 Å². The molecular formula is C22H19N3O6S. The van der Waals surface area contributed by atoms with Crippen LogP contribution in [-0.4, -0.2) is 42.9 Å². The zero-order valence-electron chi connectivity index (χ0n) is 17.2. The van der Waals surface area contributed by atoms with Crippen LogP contribution in [0.25, 0.3) is 0 Å². The summed E-state index contributed by atoms with van der Waals surface area (Å²) < 4.78 is 15.5. The number of nitrogens with zero attached hydrogens (tertiary/aromatic N) is 2. The zero-order valence-corrected chi connectivity index (χ0v) is 18.0. The SMILES string of the molecule is CCOc1cc(C=N/N=C2/NC(=O)/C(=C\C(=O)OC)S2)ccc1OC(=O)c1ccccc1. The molecule has 9 nitrogen and oxygen atoms in total. The molecule has 10 heteroatoms. The molecular weight excluding hydrogens is 434 g/mol. The van der Waals surface area contributed by atoms with Crippen LogP contribution in [0.3, 0.4) is 0 Å². The molecule has 0 aromatic heterocycles. The number of rotatable bonds is 7. The number of nitrogens with one attached hydrogen (secondary N) is 1. The van der Waals surface area contributed by atoms with E-state index in [0.717, 1.165) is 17.8 Å². The Bertz CT molecular complexity index is 1110. The van der Waals surface area contributed by atoms with E-state index in [9.17, 15) is 14.4 Å². The number of thioether (sulfide) groups is 1. The fourth-order valence-electron chi connectivity index (χ4n) is 2.48. The lowest BCUT2D eigenvalue weighted by Crippen LogP contribution is -2.19. The highest BCUT2D eigenvalue weighted by Gasteiger charge is 2.25. The number of esters is 2. The van der Waals surface area contributed by atoms with E-state index >= 15 is 0 Å². The fraction of sp³-hybridized carbons (Fsp3) is 0.136. The second kappa shape index (κ2) is 10.9. The summed E-state index contributed by atoms with van der Waals surface area (Å²) in [7, 11) is 1.22. The van der Waals surface area contributed by atoms with Gasteiger partial charge in [-0.15, -0.1) is 5.10 Å². The summed E-state index contributed by atoms with van der Waals surface area (Å²) in [4.78, 5) is 35.6. The minimum atomic E-state index is -0.635. The predicted octanol–water partition coefficient (Wildman–Crippen LogP) is 2.91. The maximum Gasteiger partial charge on any atom is 0.343 e. The Kier molecular flexibility index (Phi) is 7.76. The summed E-state index contributed by atoms with van der Waals surface area (Å²) in [5, 5.41) is 10.6. The molecule has 164 valence electrons. The van der Waals surface area contributed by atoms with Crippen molar-refractivity contribution in [2.75, 3.05) is 13.7 Å². The van der Waals surface area contributed by atoms with E-state index in [1.165, 1.54) is 13.3 Å². The van der Waals surface area contributed by atoms with Gasteiger partial charge in [-0.1, -0.05) is 18.2 Å². The smallest absolute Gasteiger partial charge is 0.343 e. The monoisotopic (exact) mass is 453 g/mol. The molecule has 1 fully saturated rings. The van der Waals surface area contributed by atoms with Gasteiger partial charge in [-0.25, -0.2) is 9.59 Å². The highest BCUT2D eigenvalue weighted by molar-refractivity contribution is 8.18. The largest absolute Gasteiger partial charge is 0.490 e. The second-order valence-electron chi connectivity index (χ2n) is 6.13. The van der Waals surface area contributed by atoms with Crippen LogP contribution in [0, 0.1) is 0 Å². The predicted molar refractivity (Wildman–Crippen MR) is 120 cm³/mol. The van der Waals surface area contributed by atoms with Crippen LogP contribution in [-0.2, 0) is 14.3 Å². The van der Waals surface area contributed by atoms with E-state index in [1.54, 1.807) is 42.5 Å². The maximum absolute atomic E-state index is 12.3. The van der Waals surface area contributed by atoms with Crippen LogP contribution in [0.15, 0.2) is 69.7 Å². The molecule has 3 rings (SSSR count). The molecule has 2 aromatic rings. The summed E-state index contributed by atoms with van der Waals surface area (Å²) in [5.74, 6) is -0.939. The van der Waals surface area contributed by atoms with Crippen molar-refractivity contribution >= 4 is 41.0 Å². The van der Waals surface area contributed by atoms with Crippen molar-refractivity contribution in [3.63, 3.8) is 0 Å². The van der Waals surface area contributed by atoms with Gasteiger partial charge in [0.2, 0.25) is 0 Å². The molecule has 1 aliphatic rings. The summed E-state index contributed by atoms with van der Waals surface area (Å²) >= 11 is 0.970. The van der Waals surface area contributed by atoms with Crippen molar-refractivity contribution in [2.45, 2.75) is 6.92 Å². The molecule has 0 aliphatic carbocycles. The molecule has 1 heterocycles. The summed E-state index contributed by atoms with van der Waals surface area (Å²) in [6, 6.07) is 13.6. The van der Waals surface area contributed by atoms with Gasteiger partial charge < -0.3 is 14.2 Å². The van der Waals surface area contributed by atoms with E-state index in [0.29, 0.717) is 23.5 Å². The van der Waals surface area contributed by atoms with E-state index in [4.69, 9.17) is 9.47 Å². The standard InChI is InChI=1S/C22H19N3O6S/c1-3-30-17-11-14(9-10-16(17)31-21(28)15-7-5-4-6-8-15)13-23-25-22-24-20(27)18(32-22)12-19(26)29-2/h4-13H,3H2,1-2H3,(H,24,25,27)/b18-12+,23-13?. The Morgan fingerprint density at radius 2 is 1.91 bits per heavy atom. The lowest BCUT2D eigenvalue weighted by atomic mass is 10.2. The average molecular weight is 453 g/mol. The third kappa shape index (κ3) is 6.05. The number of amidine groups is 1. The molecule has 0 unspecified atom stereocenters. The average Bonchev–Trinajstić information content (AvgIpc) is 3.14. The third-order valence-corrected chi connectivity index (χ3v) is 4.84. The van der Waals surface area contributed by atoms with Crippen LogP contribution in [0.2, 0.25) is 0 Å². The van der Waals surface area contributed by atoms with Crippen molar-refractivity contribution in [3.05, 3.63) is 70.6 Å². The summed E-state index contributed by atoms with van der Waals surface area (Å²) in [6.45, 7) is 2.19. The van der Waals surface area contributed by atoms with Crippen LogP contribution >= 0.6 is 11.8 Å². The summed E-state index contributed by atoms with van der Waals surface area (Å²) in [5.41, 5.74) is 1.06. The Morgan fingerprint density at radius 1 is 1.12 bits per heavy atom. The van der Waals surface area contributed by atoms with Crippen LogP contribution < -0.4 is 14.8 Å². The number of hydrogen-bond acceptors (Lipinski definition) is 9. The molecule has 0 spiro atoms. The Hall–Kier alpha value is -3.92. The fourth-order valence-corrected chi connectivity index (χ4v) is 3.22. The zero-order chi connectivity index (χ0) is 22.9.